The third kappa shape index (κ3) is 3.33. The molecule has 1 heterocycles. The number of carbonyl (C=O) groups excluding carboxylic acids is 1. The lowest BCUT2D eigenvalue weighted by atomic mass is 10.2. The van der Waals surface area contributed by atoms with Gasteiger partial charge in [0.25, 0.3) is 5.91 Å². The van der Waals surface area contributed by atoms with Crippen molar-refractivity contribution < 1.29 is 14.3 Å². The lowest BCUT2D eigenvalue weighted by Crippen LogP contribution is -2.17. The minimum atomic E-state index is -0.287. The van der Waals surface area contributed by atoms with E-state index < -0.39 is 0 Å². The van der Waals surface area contributed by atoms with Gasteiger partial charge in [-0.3, -0.25) is 4.79 Å². The largest absolute Gasteiger partial charge is 0.454 e. The number of halogens is 2. The number of carbonyl (C=O) groups is 1. The summed E-state index contributed by atoms with van der Waals surface area (Å²) < 4.78 is 11.6. The van der Waals surface area contributed by atoms with E-state index in [1.54, 1.807) is 24.3 Å². The predicted molar refractivity (Wildman–Crippen MR) is 91.8 cm³/mol. The Morgan fingerprint density at radius 1 is 1.23 bits per heavy atom. The van der Waals surface area contributed by atoms with Crippen LogP contribution in [-0.2, 0) is 0 Å². The number of hydrogen-bond acceptors (Lipinski definition) is 4. The van der Waals surface area contributed by atoms with E-state index >= 15 is 0 Å². The molecule has 2 aromatic carbocycles. The van der Waals surface area contributed by atoms with Gasteiger partial charge in [-0.2, -0.15) is 5.10 Å². The van der Waals surface area contributed by atoms with Crippen molar-refractivity contribution in [3.8, 4) is 11.5 Å². The van der Waals surface area contributed by atoms with Gasteiger partial charge in [-0.05, 0) is 52.9 Å². The summed E-state index contributed by atoms with van der Waals surface area (Å²) in [5, 5.41) is 4.39. The molecular formula is C15H10ClIN2O3. The molecule has 0 spiro atoms. The van der Waals surface area contributed by atoms with Crippen LogP contribution in [0.15, 0.2) is 41.5 Å². The van der Waals surface area contributed by atoms with E-state index in [4.69, 9.17) is 21.1 Å². The molecular weight excluding hydrogens is 419 g/mol. The summed E-state index contributed by atoms with van der Waals surface area (Å²) in [5.74, 6) is 0.921. The fraction of sp³-hybridized carbons (Fsp3) is 0.0667. The van der Waals surface area contributed by atoms with Gasteiger partial charge >= 0.3 is 0 Å². The maximum Gasteiger partial charge on any atom is 0.271 e. The summed E-state index contributed by atoms with van der Waals surface area (Å²) in [6, 6.07) is 10.6. The number of hydrazone groups is 1. The van der Waals surface area contributed by atoms with Gasteiger partial charge in [0, 0.05) is 20.8 Å². The lowest BCUT2D eigenvalue weighted by molar-refractivity contribution is 0.0955. The first-order chi connectivity index (χ1) is 10.6. The van der Waals surface area contributed by atoms with E-state index in [2.05, 4.69) is 33.1 Å². The number of benzene rings is 2. The molecule has 1 amide bonds. The molecule has 0 unspecified atom stereocenters. The quantitative estimate of drug-likeness (QED) is 0.463. The number of hydrogen-bond donors (Lipinski definition) is 1. The molecule has 22 heavy (non-hydrogen) atoms. The molecule has 0 fully saturated rings. The molecule has 5 nitrogen and oxygen atoms in total. The number of nitrogens with zero attached hydrogens (tertiary/aromatic N) is 1. The Labute approximate surface area is 145 Å². The first-order valence-corrected chi connectivity index (χ1v) is 7.77. The summed E-state index contributed by atoms with van der Waals surface area (Å²) >= 11 is 8.29. The van der Waals surface area contributed by atoms with Crippen molar-refractivity contribution in [1.29, 1.82) is 0 Å². The van der Waals surface area contributed by atoms with E-state index in [1.807, 2.05) is 12.1 Å². The number of fused-ring (bicyclic) bond motifs is 1. The van der Waals surface area contributed by atoms with Crippen LogP contribution in [0.2, 0.25) is 5.02 Å². The van der Waals surface area contributed by atoms with E-state index in [0.717, 1.165) is 3.57 Å². The Morgan fingerprint density at radius 2 is 1.91 bits per heavy atom. The monoisotopic (exact) mass is 428 g/mol. The van der Waals surface area contributed by atoms with Crippen LogP contribution in [0.5, 0.6) is 11.5 Å². The highest BCUT2D eigenvalue weighted by Gasteiger charge is 2.15. The summed E-state index contributed by atoms with van der Waals surface area (Å²) in [6.07, 6.45) is 1.47. The van der Waals surface area contributed by atoms with Crippen molar-refractivity contribution in [2.45, 2.75) is 0 Å². The fourth-order valence-corrected chi connectivity index (χ4v) is 2.42. The standard InChI is InChI=1S/C15H10ClIN2O3/c16-12-6-14-13(21-8-22-14)5-10(12)7-18-19-15(20)9-1-3-11(17)4-2-9/h1-7H,8H2,(H,19,20)/b18-7-. The molecule has 0 aromatic heterocycles. The van der Waals surface area contributed by atoms with Gasteiger partial charge in [0.2, 0.25) is 6.79 Å². The third-order valence-electron chi connectivity index (χ3n) is 2.97. The molecule has 2 aromatic rings. The molecule has 0 bridgehead atoms. The molecule has 0 atom stereocenters. The Bertz CT molecular complexity index is 747. The van der Waals surface area contributed by atoms with Crippen molar-refractivity contribution in [2.24, 2.45) is 5.10 Å². The van der Waals surface area contributed by atoms with Crippen LogP contribution >= 0.6 is 34.2 Å². The molecule has 3 rings (SSSR count). The van der Waals surface area contributed by atoms with Crippen LogP contribution in [0.25, 0.3) is 0 Å². The summed E-state index contributed by atoms with van der Waals surface area (Å²) in [4.78, 5) is 11.9. The maximum atomic E-state index is 11.9. The number of amides is 1. The van der Waals surface area contributed by atoms with Crippen LogP contribution in [0.1, 0.15) is 15.9 Å². The molecule has 0 saturated heterocycles. The number of ether oxygens (including phenoxy) is 2. The minimum absolute atomic E-state index is 0.176. The molecule has 1 aliphatic rings. The zero-order chi connectivity index (χ0) is 15.5. The highest BCUT2D eigenvalue weighted by Crippen LogP contribution is 2.36. The zero-order valence-corrected chi connectivity index (χ0v) is 14.1. The molecule has 0 radical (unpaired) electrons. The first-order valence-electron chi connectivity index (χ1n) is 6.31. The maximum absolute atomic E-state index is 11.9. The van der Waals surface area contributed by atoms with E-state index in [1.165, 1.54) is 6.21 Å². The van der Waals surface area contributed by atoms with Crippen molar-refractivity contribution in [2.75, 3.05) is 6.79 Å². The van der Waals surface area contributed by atoms with Crippen LogP contribution in [0.4, 0.5) is 0 Å². The van der Waals surface area contributed by atoms with Crippen molar-refractivity contribution in [1.82, 2.24) is 5.43 Å². The average Bonchev–Trinajstić information content (AvgIpc) is 2.95. The Morgan fingerprint density at radius 3 is 2.64 bits per heavy atom. The molecule has 112 valence electrons. The first kappa shape index (κ1) is 15.1. The summed E-state index contributed by atoms with van der Waals surface area (Å²) in [6.45, 7) is 0.176. The van der Waals surface area contributed by atoms with E-state index in [0.29, 0.717) is 27.6 Å². The van der Waals surface area contributed by atoms with Gasteiger partial charge in [0.1, 0.15) is 0 Å². The molecule has 7 heteroatoms. The van der Waals surface area contributed by atoms with Crippen LogP contribution in [-0.4, -0.2) is 18.9 Å². The predicted octanol–water partition coefficient (Wildman–Crippen LogP) is 3.44. The van der Waals surface area contributed by atoms with Gasteiger partial charge in [-0.15, -0.1) is 0 Å². The molecule has 0 aliphatic carbocycles. The van der Waals surface area contributed by atoms with Crippen molar-refractivity contribution in [3.63, 3.8) is 0 Å². The van der Waals surface area contributed by atoms with Crippen molar-refractivity contribution in [3.05, 3.63) is 56.1 Å². The van der Waals surface area contributed by atoms with E-state index in [9.17, 15) is 4.79 Å². The van der Waals surface area contributed by atoms with Crippen LogP contribution in [0, 0.1) is 3.57 Å². The van der Waals surface area contributed by atoms with Gasteiger partial charge in [0.15, 0.2) is 11.5 Å². The zero-order valence-electron chi connectivity index (χ0n) is 11.2. The SMILES string of the molecule is O=C(N/N=C\c1cc2c(cc1Cl)OCO2)c1ccc(I)cc1. The Kier molecular flexibility index (Phi) is 4.49. The fourth-order valence-electron chi connectivity index (χ4n) is 1.86. The Hall–Kier alpha value is -1.80. The normalized spacial score (nSPS) is 12.6. The van der Waals surface area contributed by atoms with Gasteiger partial charge in [-0.1, -0.05) is 11.6 Å². The number of nitrogens with one attached hydrogen (secondary N) is 1. The topological polar surface area (TPSA) is 59.9 Å². The molecule has 0 saturated carbocycles. The van der Waals surface area contributed by atoms with Gasteiger partial charge in [-0.25, -0.2) is 5.43 Å². The van der Waals surface area contributed by atoms with Crippen LogP contribution < -0.4 is 14.9 Å². The second-order valence-corrected chi connectivity index (χ2v) is 6.09. The molecule has 1 N–H and O–H groups in total. The molecule has 1 aliphatic heterocycles. The third-order valence-corrected chi connectivity index (χ3v) is 4.01. The van der Waals surface area contributed by atoms with Gasteiger partial charge < -0.3 is 9.47 Å². The van der Waals surface area contributed by atoms with E-state index in [-0.39, 0.29) is 12.7 Å². The average molecular weight is 429 g/mol. The smallest absolute Gasteiger partial charge is 0.271 e. The minimum Gasteiger partial charge on any atom is -0.454 e. The second kappa shape index (κ2) is 6.53. The highest BCUT2D eigenvalue weighted by atomic mass is 127. The Balaban J connectivity index is 1.70. The summed E-state index contributed by atoms with van der Waals surface area (Å²) in [5.41, 5.74) is 3.63. The van der Waals surface area contributed by atoms with Crippen molar-refractivity contribution >= 4 is 46.3 Å². The van der Waals surface area contributed by atoms with Crippen LogP contribution in [0.3, 0.4) is 0 Å². The van der Waals surface area contributed by atoms with Gasteiger partial charge in [0.05, 0.1) is 11.2 Å². The summed E-state index contributed by atoms with van der Waals surface area (Å²) in [7, 11) is 0. The second-order valence-electron chi connectivity index (χ2n) is 4.43. The lowest BCUT2D eigenvalue weighted by Gasteiger charge is -2.02. The highest BCUT2D eigenvalue weighted by molar-refractivity contribution is 14.1. The number of rotatable bonds is 3.